The lowest BCUT2D eigenvalue weighted by Crippen LogP contribution is -2.15. The summed E-state index contributed by atoms with van der Waals surface area (Å²) in [6.45, 7) is 0. The van der Waals surface area contributed by atoms with Crippen LogP contribution in [0.1, 0.15) is 24.8 Å². The smallest absolute Gasteiger partial charge is 0.304 e. The van der Waals surface area contributed by atoms with E-state index in [0.29, 0.717) is 0 Å². The Morgan fingerprint density at radius 2 is 1.89 bits per heavy atom. The maximum absolute atomic E-state index is 11.1. The third-order valence-electron chi connectivity index (χ3n) is 3.60. The molecular formula is C14H18O4S. The average molecular weight is 282 g/mol. The van der Waals surface area contributed by atoms with Crippen molar-refractivity contribution in [3.63, 3.8) is 0 Å². The predicted molar refractivity (Wildman–Crippen MR) is 74.5 cm³/mol. The molecule has 1 aromatic carbocycles. The minimum absolute atomic E-state index is 0.143. The highest BCUT2D eigenvalue weighted by molar-refractivity contribution is 7.98. The SMILES string of the molecule is COc1ccc(OC)c(C2(CC(=O)O)CC2)c1SC. The van der Waals surface area contributed by atoms with Gasteiger partial charge in [0.05, 0.1) is 25.5 Å². The second kappa shape index (κ2) is 5.33. The highest BCUT2D eigenvalue weighted by Crippen LogP contribution is 2.57. The summed E-state index contributed by atoms with van der Waals surface area (Å²) >= 11 is 1.57. The topological polar surface area (TPSA) is 55.8 Å². The van der Waals surface area contributed by atoms with Crippen LogP contribution in [0.4, 0.5) is 0 Å². The lowest BCUT2D eigenvalue weighted by molar-refractivity contribution is -0.137. The number of carboxylic acids is 1. The molecule has 104 valence electrons. The number of aliphatic carboxylic acids is 1. The summed E-state index contributed by atoms with van der Waals surface area (Å²) in [4.78, 5) is 12.1. The van der Waals surface area contributed by atoms with Crippen molar-refractivity contribution in [2.45, 2.75) is 29.6 Å². The van der Waals surface area contributed by atoms with Crippen molar-refractivity contribution in [2.75, 3.05) is 20.5 Å². The van der Waals surface area contributed by atoms with Gasteiger partial charge < -0.3 is 14.6 Å². The molecule has 1 saturated carbocycles. The van der Waals surface area contributed by atoms with E-state index in [9.17, 15) is 4.79 Å². The van der Waals surface area contributed by atoms with E-state index >= 15 is 0 Å². The number of carbonyl (C=O) groups is 1. The maximum atomic E-state index is 11.1. The molecule has 0 bridgehead atoms. The summed E-state index contributed by atoms with van der Waals surface area (Å²) in [5.41, 5.74) is 0.702. The van der Waals surface area contributed by atoms with E-state index in [1.165, 1.54) is 0 Å². The summed E-state index contributed by atoms with van der Waals surface area (Å²) in [5.74, 6) is 0.762. The monoisotopic (exact) mass is 282 g/mol. The van der Waals surface area contributed by atoms with Gasteiger partial charge in [0.1, 0.15) is 11.5 Å². The summed E-state index contributed by atoms with van der Waals surface area (Å²) in [5, 5.41) is 9.13. The van der Waals surface area contributed by atoms with Gasteiger partial charge in [0.15, 0.2) is 0 Å². The van der Waals surface area contributed by atoms with Crippen LogP contribution < -0.4 is 9.47 Å². The van der Waals surface area contributed by atoms with Crippen molar-refractivity contribution in [1.82, 2.24) is 0 Å². The first-order chi connectivity index (χ1) is 9.07. The van der Waals surface area contributed by atoms with Gasteiger partial charge in [-0.25, -0.2) is 0 Å². The fourth-order valence-electron chi connectivity index (χ4n) is 2.54. The normalized spacial score (nSPS) is 15.9. The maximum Gasteiger partial charge on any atom is 0.304 e. The Kier molecular flexibility index (Phi) is 3.94. The Hall–Kier alpha value is -1.36. The van der Waals surface area contributed by atoms with E-state index < -0.39 is 5.97 Å². The second-order valence-corrected chi connectivity index (χ2v) is 5.55. The summed E-state index contributed by atoms with van der Waals surface area (Å²) in [6.07, 6.45) is 3.88. The van der Waals surface area contributed by atoms with Crippen molar-refractivity contribution in [2.24, 2.45) is 0 Å². The van der Waals surface area contributed by atoms with Gasteiger partial charge in [0.25, 0.3) is 0 Å². The minimum atomic E-state index is -0.769. The first kappa shape index (κ1) is 14.1. The van der Waals surface area contributed by atoms with Crippen LogP contribution in [0.5, 0.6) is 11.5 Å². The molecule has 5 heteroatoms. The van der Waals surface area contributed by atoms with Gasteiger partial charge in [-0.2, -0.15) is 0 Å². The third kappa shape index (κ3) is 2.52. The van der Waals surface area contributed by atoms with Gasteiger partial charge in [-0.05, 0) is 31.2 Å². The molecular weight excluding hydrogens is 264 g/mol. The minimum Gasteiger partial charge on any atom is -0.496 e. The van der Waals surface area contributed by atoms with E-state index in [0.717, 1.165) is 34.8 Å². The predicted octanol–water partition coefficient (Wildman–Crippen LogP) is 2.93. The van der Waals surface area contributed by atoms with Crippen molar-refractivity contribution in [3.8, 4) is 11.5 Å². The lowest BCUT2D eigenvalue weighted by atomic mass is 9.91. The van der Waals surface area contributed by atoms with Crippen molar-refractivity contribution >= 4 is 17.7 Å². The lowest BCUT2D eigenvalue weighted by Gasteiger charge is -2.22. The summed E-state index contributed by atoms with van der Waals surface area (Å²) in [7, 11) is 3.24. The largest absolute Gasteiger partial charge is 0.496 e. The molecule has 0 aromatic heterocycles. The van der Waals surface area contributed by atoms with Gasteiger partial charge in [-0.1, -0.05) is 0 Å². The molecule has 2 rings (SSSR count). The van der Waals surface area contributed by atoms with Gasteiger partial charge in [-0.3, -0.25) is 4.79 Å². The standard InChI is InChI=1S/C14H18O4S/c1-17-9-4-5-10(18-2)13(19-3)12(9)14(6-7-14)8-11(15)16/h4-5H,6-8H2,1-3H3,(H,15,16). The van der Waals surface area contributed by atoms with Gasteiger partial charge in [-0.15, -0.1) is 11.8 Å². The van der Waals surface area contributed by atoms with E-state index in [-0.39, 0.29) is 11.8 Å². The number of hydrogen-bond donors (Lipinski definition) is 1. The summed E-state index contributed by atoms with van der Waals surface area (Å²) in [6, 6.07) is 3.72. The molecule has 1 aromatic rings. The van der Waals surface area contributed by atoms with Gasteiger partial charge in [0.2, 0.25) is 0 Å². The number of ether oxygens (including phenoxy) is 2. The van der Waals surface area contributed by atoms with Crippen LogP contribution in [0.25, 0.3) is 0 Å². The van der Waals surface area contributed by atoms with E-state index in [2.05, 4.69) is 0 Å². The van der Waals surface area contributed by atoms with Gasteiger partial charge in [0, 0.05) is 11.0 Å². The van der Waals surface area contributed by atoms with Crippen LogP contribution in [-0.2, 0) is 10.2 Å². The molecule has 0 aliphatic heterocycles. The number of rotatable bonds is 6. The quantitative estimate of drug-likeness (QED) is 0.813. The number of hydrogen-bond acceptors (Lipinski definition) is 4. The van der Waals surface area contributed by atoms with E-state index in [1.54, 1.807) is 26.0 Å². The number of thioether (sulfide) groups is 1. The zero-order chi connectivity index (χ0) is 14.0. The highest BCUT2D eigenvalue weighted by atomic mass is 32.2. The number of methoxy groups -OCH3 is 2. The Morgan fingerprint density at radius 3 is 2.32 bits per heavy atom. The molecule has 1 aliphatic rings. The fourth-order valence-corrected chi connectivity index (χ4v) is 3.41. The first-order valence-electron chi connectivity index (χ1n) is 6.09. The second-order valence-electron chi connectivity index (χ2n) is 4.73. The van der Waals surface area contributed by atoms with Crippen LogP contribution in [0.15, 0.2) is 17.0 Å². The fraction of sp³-hybridized carbons (Fsp3) is 0.500. The van der Waals surface area contributed by atoms with Crippen molar-refractivity contribution in [1.29, 1.82) is 0 Å². The van der Waals surface area contributed by atoms with Crippen LogP contribution in [0.2, 0.25) is 0 Å². The molecule has 0 spiro atoms. The molecule has 0 unspecified atom stereocenters. The Bertz CT molecular complexity index is 494. The molecule has 19 heavy (non-hydrogen) atoms. The zero-order valence-electron chi connectivity index (χ0n) is 11.4. The Balaban J connectivity index is 2.56. The highest BCUT2D eigenvalue weighted by Gasteiger charge is 2.49. The molecule has 4 nitrogen and oxygen atoms in total. The zero-order valence-corrected chi connectivity index (χ0v) is 12.2. The molecule has 1 N–H and O–H groups in total. The molecule has 0 amide bonds. The summed E-state index contributed by atoms with van der Waals surface area (Å²) < 4.78 is 10.8. The molecule has 0 radical (unpaired) electrons. The van der Waals surface area contributed by atoms with Crippen LogP contribution in [-0.4, -0.2) is 31.6 Å². The third-order valence-corrected chi connectivity index (χ3v) is 4.41. The Labute approximate surface area is 117 Å². The molecule has 1 aliphatic carbocycles. The number of benzene rings is 1. The van der Waals surface area contributed by atoms with E-state index in [1.807, 2.05) is 18.4 Å². The van der Waals surface area contributed by atoms with E-state index in [4.69, 9.17) is 14.6 Å². The van der Waals surface area contributed by atoms with Crippen molar-refractivity contribution < 1.29 is 19.4 Å². The average Bonchev–Trinajstić information content (AvgIpc) is 3.16. The Morgan fingerprint density at radius 1 is 1.32 bits per heavy atom. The van der Waals surface area contributed by atoms with Crippen LogP contribution in [0, 0.1) is 0 Å². The number of carboxylic acid groups (broad SMARTS) is 1. The molecule has 0 heterocycles. The molecule has 0 saturated heterocycles. The van der Waals surface area contributed by atoms with Crippen LogP contribution in [0.3, 0.4) is 0 Å². The molecule has 0 atom stereocenters. The van der Waals surface area contributed by atoms with Gasteiger partial charge >= 0.3 is 5.97 Å². The molecule has 1 fully saturated rings. The first-order valence-corrected chi connectivity index (χ1v) is 7.31. The van der Waals surface area contributed by atoms with Crippen molar-refractivity contribution in [3.05, 3.63) is 17.7 Å². The van der Waals surface area contributed by atoms with Crippen LogP contribution >= 0.6 is 11.8 Å².